The summed E-state index contributed by atoms with van der Waals surface area (Å²) in [6.45, 7) is 7.82. The molecule has 0 fully saturated rings. The van der Waals surface area contributed by atoms with Gasteiger partial charge in [0.1, 0.15) is 5.41 Å². The van der Waals surface area contributed by atoms with Crippen LogP contribution in [0.2, 0.25) is 0 Å². The van der Waals surface area contributed by atoms with Crippen LogP contribution in [-0.2, 0) is 14.3 Å². The van der Waals surface area contributed by atoms with Crippen molar-refractivity contribution in [1.82, 2.24) is 10.6 Å². The van der Waals surface area contributed by atoms with Crippen LogP contribution in [0.3, 0.4) is 0 Å². The smallest absolute Gasteiger partial charge is 0.235 e. The van der Waals surface area contributed by atoms with E-state index in [0.717, 1.165) is 0 Å². The van der Waals surface area contributed by atoms with Gasteiger partial charge in [0.25, 0.3) is 0 Å². The van der Waals surface area contributed by atoms with Gasteiger partial charge in [-0.3, -0.25) is 9.59 Å². The Bertz CT molecular complexity index is 262. The number of carbonyl (C=O) groups excluding carboxylic acids is 2. The van der Waals surface area contributed by atoms with Crippen molar-refractivity contribution >= 4 is 11.8 Å². The molecule has 92 valence electrons. The minimum absolute atomic E-state index is 0.314. The quantitative estimate of drug-likeness (QED) is 0.368. The lowest BCUT2D eigenvalue weighted by molar-refractivity contribution is -0.141. The minimum atomic E-state index is -1.09. The van der Waals surface area contributed by atoms with Crippen molar-refractivity contribution in [3.8, 4) is 0 Å². The highest BCUT2D eigenvalue weighted by atomic mass is 16.5. The lowest BCUT2D eigenvalue weighted by atomic mass is 9.91. The first kappa shape index (κ1) is 14.6. The molecule has 2 N–H and O–H groups in total. The molecule has 0 aromatic heterocycles. The fourth-order valence-corrected chi connectivity index (χ4v) is 0.977. The van der Waals surface area contributed by atoms with Gasteiger partial charge < -0.3 is 15.4 Å². The largest absolute Gasteiger partial charge is 0.383 e. The van der Waals surface area contributed by atoms with E-state index in [4.69, 9.17) is 4.74 Å². The lowest BCUT2D eigenvalue weighted by Crippen LogP contribution is -2.48. The molecule has 2 amide bonds. The van der Waals surface area contributed by atoms with Gasteiger partial charge in [0.15, 0.2) is 0 Å². The third kappa shape index (κ3) is 4.44. The summed E-state index contributed by atoms with van der Waals surface area (Å²) in [5, 5.41) is 5.23. The maximum Gasteiger partial charge on any atom is 0.235 e. The van der Waals surface area contributed by atoms with Gasteiger partial charge in [0, 0.05) is 20.2 Å². The Kier molecular flexibility index (Phi) is 6.41. The van der Waals surface area contributed by atoms with Crippen LogP contribution in [0.4, 0.5) is 0 Å². The molecule has 0 aromatic rings. The van der Waals surface area contributed by atoms with Gasteiger partial charge >= 0.3 is 0 Å². The first-order valence-corrected chi connectivity index (χ1v) is 5.13. The van der Waals surface area contributed by atoms with E-state index in [1.54, 1.807) is 27.0 Å². The van der Waals surface area contributed by atoms with E-state index in [1.165, 1.54) is 0 Å². The highest BCUT2D eigenvalue weighted by Gasteiger charge is 2.35. The molecule has 0 aliphatic heterocycles. The number of ether oxygens (including phenoxy) is 1. The van der Waals surface area contributed by atoms with E-state index in [2.05, 4.69) is 17.2 Å². The van der Waals surface area contributed by atoms with Gasteiger partial charge in [-0.25, -0.2) is 0 Å². The molecule has 5 nitrogen and oxygen atoms in total. The third-order valence-corrected chi connectivity index (χ3v) is 2.13. The van der Waals surface area contributed by atoms with E-state index >= 15 is 0 Å². The first-order valence-electron chi connectivity index (χ1n) is 5.13. The summed E-state index contributed by atoms with van der Waals surface area (Å²) in [6.07, 6.45) is 1.57. The number of nitrogens with one attached hydrogen (secondary N) is 2. The molecule has 0 rings (SSSR count). The summed E-state index contributed by atoms with van der Waals surface area (Å²) in [6, 6.07) is 0. The fraction of sp³-hybridized carbons (Fsp3) is 0.636. The van der Waals surface area contributed by atoms with Gasteiger partial charge in [-0.05, 0) is 13.8 Å². The SMILES string of the molecule is C=CCNC(=O)C(C)(C)C(=O)NCCOC. The normalized spacial score (nSPS) is 10.7. The number of amides is 2. The maximum absolute atomic E-state index is 11.7. The van der Waals surface area contributed by atoms with Crippen molar-refractivity contribution in [1.29, 1.82) is 0 Å². The average Bonchev–Trinajstić information content (AvgIpc) is 2.25. The van der Waals surface area contributed by atoms with E-state index in [1.807, 2.05) is 0 Å². The summed E-state index contributed by atoms with van der Waals surface area (Å²) in [7, 11) is 1.55. The predicted molar refractivity (Wildman–Crippen MR) is 61.9 cm³/mol. The molecule has 0 saturated heterocycles. The Labute approximate surface area is 96.2 Å². The molecule has 0 radical (unpaired) electrons. The highest BCUT2D eigenvalue weighted by Crippen LogP contribution is 2.14. The molecule has 0 atom stereocenters. The van der Waals surface area contributed by atoms with E-state index in [0.29, 0.717) is 19.7 Å². The van der Waals surface area contributed by atoms with E-state index < -0.39 is 5.41 Å². The zero-order chi connectivity index (χ0) is 12.6. The average molecular weight is 228 g/mol. The molecular formula is C11H20N2O3. The van der Waals surface area contributed by atoms with Gasteiger partial charge in [-0.1, -0.05) is 6.08 Å². The zero-order valence-corrected chi connectivity index (χ0v) is 10.1. The van der Waals surface area contributed by atoms with Gasteiger partial charge in [0.2, 0.25) is 11.8 Å². The topological polar surface area (TPSA) is 67.4 Å². The van der Waals surface area contributed by atoms with Crippen molar-refractivity contribution in [3.05, 3.63) is 12.7 Å². The van der Waals surface area contributed by atoms with Gasteiger partial charge in [-0.2, -0.15) is 0 Å². The van der Waals surface area contributed by atoms with Crippen molar-refractivity contribution in [2.24, 2.45) is 5.41 Å². The van der Waals surface area contributed by atoms with Crippen molar-refractivity contribution in [2.45, 2.75) is 13.8 Å². The van der Waals surface area contributed by atoms with E-state index in [9.17, 15) is 9.59 Å². The Morgan fingerprint density at radius 1 is 1.31 bits per heavy atom. The predicted octanol–water partition coefficient (Wildman–Crippen LogP) is 0.0774. The second-order valence-corrected chi connectivity index (χ2v) is 3.87. The molecule has 0 aliphatic rings. The number of hydrogen-bond acceptors (Lipinski definition) is 3. The van der Waals surface area contributed by atoms with Crippen molar-refractivity contribution < 1.29 is 14.3 Å². The van der Waals surface area contributed by atoms with Crippen LogP contribution in [0, 0.1) is 5.41 Å². The molecule has 0 saturated carbocycles. The summed E-state index contributed by atoms with van der Waals surface area (Å²) in [5.74, 6) is -0.631. The molecule has 0 heterocycles. The second-order valence-electron chi connectivity index (χ2n) is 3.87. The Morgan fingerprint density at radius 2 is 1.88 bits per heavy atom. The highest BCUT2D eigenvalue weighted by molar-refractivity contribution is 6.04. The Hall–Kier alpha value is -1.36. The summed E-state index contributed by atoms with van der Waals surface area (Å²) in [5.41, 5.74) is -1.09. The lowest BCUT2D eigenvalue weighted by Gasteiger charge is -2.22. The second kappa shape index (κ2) is 7.00. The van der Waals surface area contributed by atoms with Gasteiger partial charge in [0.05, 0.1) is 6.61 Å². The number of rotatable bonds is 7. The number of carbonyl (C=O) groups is 2. The summed E-state index contributed by atoms with van der Waals surface area (Å²) in [4.78, 5) is 23.3. The molecular weight excluding hydrogens is 208 g/mol. The standard InChI is InChI=1S/C11H20N2O3/c1-5-6-12-9(14)11(2,3)10(15)13-7-8-16-4/h5H,1,6-8H2,2-4H3,(H,12,14)(H,13,15). The zero-order valence-electron chi connectivity index (χ0n) is 10.1. The van der Waals surface area contributed by atoms with E-state index in [-0.39, 0.29) is 11.8 Å². The molecule has 5 heteroatoms. The van der Waals surface area contributed by atoms with Crippen molar-refractivity contribution in [3.63, 3.8) is 0 Å². The fourth-order valence-electron chi connectivity index (χ4n) is 0.977. The monoisotopic (exact) mass is 228 g/mol. The maximum atomic E-state index is 11.7. The molecule has 0 unspecified atom stereocenters. The number of hydrogen-bond donors (Lipinski definition) is 2. The molecule has 0 aliphatic carbocycles. The minimum Gasteiger partial charge on any atom is -0.383 e. The van der Waals surface area contributed by atoms with Crippen LogP contribution >= 0.6 is 0 Å². The Balaban J connectivity index is 4.22. The molecule has 0 aromatic carbocycles. The van der Waals surface area contributed by atoms with Gasteiger partial charge in [-0.15, -0.1) is 6.58 Å². The summed E-state index contributed by atoms with van der Waals surface area (Å²) >= 11 is 0. The van der Waals surface area contributed by atoms with Crippen LogP contribution in [0.5, 0.6) is 0 Å². The molecule has 0 bridgehead atoms. The van der Waals surface area contributed by atoms with Crippen molar-refractivity contribution in [2.75, 3.05) is 26.8 Å². The number of methoxy groups -OCH3 is 1. The van der Waals surface area contributed by atoms with Crippen LogP contribution in [0.1, 0.15) is 13.8 Å². The Morgan fingerprint density at radius 3 is 2.38 bits per heavy atom. The van der Waals surface area contributed by atoms with Crippen LogP contribution < -0.4 is 10.6 Å². The van der Waals surface area contributed by atoms with Crippen LogP contribution in [0.15, 0.2) is 12.7 Å². The molecule has 16 heavy (non-hydrogen) atoms. The third-order valence-electron chi connectivity index (χ3n) is 2.13. The van der Waals surface area contributed by atoms with Crippen LogP contribution in [-0.4, -0.2) is 38.6 Å². The summed E-state index contributed by atoms with van der Waals surface area (Å²) < 4.78 is 4.80. The molecule has 0 spiro atoms. The van der Waals surface area contributed by atoms with Crippen LogP contribution in [0.25, 0.3) is 0 Å². The first-order chi connectivity index (χ1) is 7.46.